The lowest BCUT2D eigenvalue weighted by atomic mass is 10.1. The van der Waals surface area contributed by atoms with Gasteiger partial charge in [-0.15, -0.1) is 0 Å². The van der Waals surface area contributed by atoms with E-state index < -0.39 is 12.1 Å². The number of halogens is 2. The van der Waals surface area contributed by atoms with Gasteiger partial charge in [-0.1, -0.05) is 67.6 Å². The fourth-order valence-corrected chi connectivity index (χ4v) is 3.50. The van der Waals surface area contributed by atoms with Crippen LogP contribution in [-0.2, 0) is 13.0 Å². The van der Waals surface area contributed by atoms with Gasteiger partial charge >= 0.3 is 5.97 Å². The number of aromatic carboxylic acids is 1. The third kappa shape index (κ3) is 6.74. The molecule has 0 aliphatic rings. The summed E-state index contributed by atoms with van der Waals surface area (Å²) < 4.78 is 1.48. The molecule has 1 heterocycles. The molecule has 2 N–H and O–H groups in total. The number of carboxylic acids is 1. The molecule has 0 aliphatic heterocycles. The maximum atomic E-state index is 12.6. The van der Waals surface area contributed by atoms with Crippen LogP contribution >= 0.6 is 23.2 Å². The molecule has 0 spiro atoms. The summed E-state index contributed by atoms with van der Waals surface area (Å²) in [6.45, 7) is 2.42. The predicted molar refractivity (Wildman–Crippen MR) is 117 cm³/mol. The maximum Gasteiger partial charge on any atom is 0.335 e. The Kier molecular flexibility index (Phi) is 8.96. The average molecular weight is 438 g/mol. The number of nitrogens with zero attached hydrogens (tertiary/aromatic N) is 1. The second-order valence-corrected chi connectivity index (χ2v) is 7.67. The van der Waals surface area contributed by atoms with Crippen molar-refractivity contribution in [2.24, 2.45) is 0 Å². The molecule has 0 aliphatic carbocycles. The van der Waals surface area contributed by atoms with Crippen molar-refractivity contribution in [1.82, 2.24) is 4.57 Å². The van der Waals surface area contributed by atoms with Crippen molar-refractivity contribution in [3.63, 3.8) is 0 Å². The largest absolute Gasteiger partial charge is 0.478 e. The minimum Gasteiger partial charge on any atom is -0.478 e. The summed E-state index contributed by atoms with van der Waals surface area (Å²) in [6.07, 6.45) is 6.89. The zero-order valence-corrected chi connectivity index (χ0v) is 17.8. The van der Waals surface area contributed by atoms with Gasteiger partial charge in [0.25, 0.3) is 5.56 Å². The summed E-state index contributed by atoms with van der Waals surface area (Å²) in [5.41, 5.74) is 1.21. The van der Waals surface area contributed by atoms with Crippen LogP contribution in [0.3, 0.4) is 0 Å². The molecule has 0 radical (unpaired) electrons. The Bertz CT molecular complexity index is 920. The van der Waals surface area contributed by atoms with Crippen LogP contribution in [0.2, 0.25) is 10.0 Å². The fraction of sp³-hybridized carbons (Fsp3) is 0.364. The van der Waals surface area contributed by atoms with Crippen LogP contribution in [-0.4, -0.2) is 26.9 Å². The molecule has 2 rings (SSSR count). The monoisotopic (exact) mass is 437 g/mol. The number of aromatic nitrogens is 1. The first-order valence-corrected chi connectivity index (χ1v) is 10.4. The minimum absolute atomic E-state index is 0.0249. The van der Waals surface area contributed by atoms with E-state index in [0.717, 1.165) is 24.8 Å². The molecule has 1 atom stereocenters. The molecule has 156 valence electrons. The van der Waals surface area contributed by atoms with Gasteiger partial charge in [0.05, 0.1) is 22.4 Å². The van der Waals surface area contributed by atoms with Crippen molar-refractivity contribution in [2.45, 2.75) is 51.7 Å². The van der Waals surface area contributed by atoms with E-state index in [-0.39, 0.29) is 16.1 Å². The predicted octanol–water partition coefficient (Wildman–Crippen LogP) is 5.05. The Morgan fingerprint density at radius 3 is 2.48 bits per heavy atom. The number of hydrogen-bond donors (Lipinski definition) is 2. The second kappa shape index (κ2) is 11.2. The molecule has 5 nitrogen and oxygen atoms in total. The SMILES string of the molecule is CCCCCC(O)/C=C/c1c(Cl)cc(Cl)c(=O)n1CCc1ccc(C(=O)O)cc1. The number of carbonyl (C=O) groups is 1. The van der Waals surface area contributed by atoms with Gasteiger partial charge in [0.1, 0.15) is 5.02 Å². The molecular formula is C22H25Cl2NO4. The molecule has 1 unspecified atom stereocenters. The van der Waals surface area contributed by atoms with E-state index in [4.69, 9.17) is 28.3 Å². The maximum absolute atomic E-state index is 12.6. The molecule has 1 aromatic carbocycles. The van der Waals surface area contributed by atoms with Crippen molar-refractivity contribution in [1.29, 1.82) is 0 Å². The van der Waals surface area contributed by atoms with Crippen LogP contribution in [0.5, 0.6) is 0 Å². The highest BCUT2D eigenvalue weighted by molar-refractivity contribution is 6.35. The summed E-state index contributed by atoms with van der Waals surface area (Å²) in [6, 6.07) is 7.89. The summed E-state index contributed by atoms with van der Waals surface area (Å²) in [5.74, 6) is -0.987. The summed E-state index contributed by atoms with van der Waals surface area (Å²) in [4.78, 5) is 23.5. The summed E-state index contributed by atoms with van der Waals surface area (Å²) in [5, 5.41) is 19.5. The Morgan fingerprint density at radius 1 is 1.17 bits per heavy atom. The lowest BCUT2D eigenvalue weighted by molar-refractivity contribution is 0.0697. The standard InChI is InChI=1S/C22H25Cl2NO4/c1-2-3-4-5-17(26)10-11-20-18(23)14-19(24)21(27)25(20)13-12-15-6-8-16(9-7-15)22(28)29/h6-11,14,17,26H,2-5,12-13H2,1H3,(H,28,29)/b11-10+. The smallest absolute Gasteiger partial charge is 0.335 e. The quantitative estimate of drug-likeness (QED) is 0.509. The molecule has 1 aromatic heterocycles. The van der Waals surface area contributed by atoms with Crippen LogP contribution in [0.1, 0.15) is 54.2 Å². The third-order valence-corrected chi connectivity index (χ3v) is 5.22. The van der Waals surface area contributed by atoms with Gasteiger partial charge in [-0.3, -0.25) is 4.79 Å². The zero-order valence-electron chi connectivity index (χ0n) is 16.3. The van der Waals surface area contributed by atoms with E-state index in [1.165, 1.54) is 22.8 Å². The number of aryl methyl sites for hydroxylation is 1. The van der Waals surface area contributed by atoms with Gasteiger partial charge in [0, 0.05) is 6.54 Å². The van der Waals surface area contributed by atoms with E-state index in [1.54, 1.807) is 24.3 Å². The highest BCUT2D eigenvalue weighted by Crippen LogP contribution is 2.21. The van der Waals surface area contributed by atoms with Gasteiger partial charge < -0.3 is 14.8 Å². The van der Waals surface area contributed by atoms with Crippen LogP contribution in [0.25, 0.3) is 6.08 Å². The lowest BCUT2D eigenvalue weighted by Gasteiger charge is -2.13. The second-order valence-electron chi connectivity index (χ2n) is 6.86. The Balaban J connectivity index is 2.21. The van der Waals surface area contributed by atoms with Crippen LogP contribution < -0.4 is 5.56 Å². The van der Waals surface area contributed by atoms with Crippen LogP contribution in [0.15, 0.2) is 41.2 Å². The topological polar surface area (TPSA) is 79.5 Å². The van der Waals surface area contributed by atoms with Gasteiger partial charge in [-0.2, -0.15) is 0 Å². The molecule has 29 heavy (non-hydrogen) atoms. The van der Waals surface area contributed by atoms with Crippen molar-refractivity contribution < 1.29 is 15.0 Å². The van der Waals surface area contributed by atoms with E-state index >= 15 is 0 Å². The summed E-state index contributed by atoms with van der Waals surface area (Å²) in [7, 11) is 0. The van der Waals surface area contributed by atoms with E-state index in [1.807, 2.05) is 0 Å². The van der Waals surface area contributed by atoms with E-state index in [2.05, 4.69) is 6.92 Å². The Hall–Kier alpha value is -2.08. The molecule has 0 amide bonds. The fourth-order valence-electron chi connectivity index (χ4n) is 2.96. The van der Waals surface area contributed by atoms with Gasteiger partial charge in [-0.25, -0.2) is 4.79 Å². The van der Waals surface area contributed by atoms with Crippen molar-refractivity contribution in [3.8, 4) is 0 Å². The first-order valence-electron chi connectivity index (χ1n) is 9.60. The number of hydrogen-bond acceptors (Lipinski definition) is 3. The Labute approximate surface area is 180 Å². The zero-order chi connectivity index (χ0) is 21.4. The third-order valence-electron chi connectivity index (χ3n) is 4.64. The number of benzene rings is 1. The summed E-state index contributed by atoms with van der Waals surface area (Å²) >= 11 is 12.3. The number of pyridine rings is 1. The first kappa shape index (κ1) is 23.2. The molecule has 0 saturated heterocycles. The molecule has 2 aromatic rings. The number of unbranched alkanes of at least 4 members (excludes halogenated alkanes) is 2. The number of carboxylic acid groups (broad SMARTS) is 1. The first-order chi connectivity index (χ1) is 13.8. The highest BCUT2D eigenvalue weighted by Gasteiger charge is 2.12. The van der Waals surface area contributed by atoms with E-state index in [0.29, 0.717) is 30.1 Å². The van der Waals surface area contributed by atoms with Gasteiger partial charge in [-0.05, 0) is 42.7 Å². The lowest BCUT2D eigenvalue weighted by Crippen LogP contribution is -2.24. The average Bonchev–Trinajstić information content (AvgIpc) is 2.69. The van der Waals surface area contributed by atoms with Crippen molar-refractivity contribution in [3.05, 3.63) is 73.6 Å². The van der Waals surface area contributed by atoms with E-state index in [9.17, 15) is 14.7 Å². The molecule has 0 fully saturated rings. The Morgan fingerprint density at radius 2 is 1.86 bits per heavy atom. The molecular weight excluding hydrogens is 413 g/mol. The molecule has 0 bridgehead atoms. The number of aliphatic hydroxyl groups excluding tert-OH is 1. The molecule has 7 heteroatoms. The van der Waals surface area contributed by atoms with Crippen molar-refractivity contribution in [2.75, 3.05) is 0 Å². The van der Waals surface area contributed by atoms with Crippen LogP contribution in [0.4, 0.5) is 0 Å². The minimum atomic E-state index is -0.987. The molecule has 0 saturated carbocycles. The number of aliphatic hydroxyl groups is 1. The highest BCUT2D eigenvalue weighted by atomic mass is 35.5. The van der Waals surface area contributed by atoms with Gasteiger partial charge in [0.2, 0.25) is 0 Å². The van der Waals surface area contributed by atoms with Crippen LogP contribution in [0, 0.1) is 0 Å². The van der Waals surface area contributed by atoms with Crippen molar-refractivity contribution >= 4 is 35.2 Å². The van der Waals surface area contributed by atoms with Gasteiger partial charge in [0.15, 0.2) is 0 Å². The normalized spacial score (nSPS) is 12.4. The number of rotatable bonds is 10.